The third-order valence-electron chi connectivity index (χ3n) is 5.81. The molecule has 1 N–H and O–H groups in total. The average molecular weight is 378 g/mol. The molecule has 122 valence electrons. The maximum absolute atomic E-state index is 12.5. The van der Waals surface area contributed by atoms with Crippen molar-refractivity contribution in [2.75, 3.05) is 18.1 Å². The molecule has 1 saturated heterocycles. The quantitative estimate of drug-likeness (QED) is 0.802. The van der Waals surface area contributed by atoms with Crippen molar-refractivity contribution in [2.45, 2.75) is 44.6 Å². The number of fused-ring (bicyclic) bond motifs is 2. The Bertz CT molecular complexity index is 658. The highest BCUT2D eigenvalue weighted by atomic mass is 79.9. The number of ketones is 1. The minimum absolute atomic E-state index is 0.363. The Morgan fingerprint density at radius 3 is 2.78 bits per heavy atom. The zero-order valence-electron chi connectivity index (χ0n) is 13.2. The van der Waals surface area contributed by atoms with Crippen LogP contribution in [-0.4, -0.2) is 30.9 Å². The van der Waals surface area contributed by atoms with Gasteiger partial charge in [-0.1, -0.05) is 12.5 Å². The number of Topliss-reactive ketones (excluding diaryl/α,β-unsaturated/α-hetero) is 1. The molecule has 0 bridgehead atoms. The van der Waals surface area contributed by atoms with Gasteiger partial charge in [0.25, 0.3) is 5.78 Å². The predicted molar refractivity (Wildman–Crippen MR) is 91.6 cm³/mol. The van der Waals surface area contributed by atoms with Crippen LogP contribution in [0.4, 0.5) is 5.69 Å². The number of likely N-dealkylation sites (tertiary alicyclic amines) is 1. The molecule has 1 unspecified atom stereocenters. The summed E-state index contributed by atoms with van der Waals surface area (Å²) in [6.45, 7) is 1.74. The number of halogens is 1. The Hall–Kier alpha value is -1.20. The summed E-state index contributed by atoms with van der Waals surface area (Å²) in [5.41, 5.74) is 1.31. The third-order valence-corrected chi connectivity index (χ3v) is 6.45. The van der Waals surface area contributed by atoms with Crippen LogP contribution in [0.25, 0.3) is 0 Å². The van der Waals surface area contributed by atoms with E-state index in [4.69, 9.17) is 0 Å². The van der Waals surface area contributed by atoms with Crippen LogP contribution >= 0.6 is 15.9 Å². The molecular formula is C18H22BrN2O2+. The highest BCUT2D eigenvalue weighted by Gasteiger charge is 2.43. The number of quaternary nitrogens is 1. The second-order valence-electron chi connectivity index (χ2n) is 7.06. The third kappa shape index (κ3) is 2.54. The lowest BCUT2D eigenvalue weighted by Crippen LogP contribution is -3.19. The summed E-state index contributed by atoms with van der Waals surface area (Å²) in [5.74, 6) is 0.0785. The summed E-state index contributed by atoms with van der Waals surface area (Å²) in [7, 11) is 0. The van der Waals surface area contributed by atoms with Gasteiger partial charge in [0, 0.05) is 10.4 Å². The summed E-state index contributed by atoms with van der Waals surface area (Å²) in [6.07, 6.45) is 7.82. The van der Waals surface area contributed by atoms with Crippen molar-refractivity contribution in [3.63, 3.8) is 0 Å². The number of carbonyl (C=O) groups is 2. The molecule has 2 heterocycles. The van der Waals surface area contributed by atoms with Crippen LogP contribution in [0.1, 0.15) is 48.9 Å². The number of anilines is 1. The molecule has 0 aromatic heterocycles. The van der Waals surface area contributed by atoms with E-state index in [1.807, 2.05) is 12.1 Å². The number of benzene rings is 1. The van der Waals surface area contributed by atoms with Gasteiger partial charge in [-0.3, -0.25) is 14.5 Å². The largest absolute Gasteiger partial charge is 0.315 e. The minimum Gasteiger partial charge on any atom is -0.315 e. The number of piperidine rings is 1. The minimum atomic E-state index is -0.364. The fourth-order valence-electron chi connectivity index (χ4n) is 4.73. The standard InChI is InChI=1S/C18H21BrN2O2/c19-14-8-3-7-13-16(14)21(18(23)17(13)22)11-20-10-4-6-12-5-1-2-9-15(12)20/h3,7-8,12,15H,1-2,4-6,9-11H2/p+1/t12-,15+/m1/s1. The molecule has 1 aromatic carbocycles. The van der Waals surface area contributed by atoms with E-state index in [1.165, 1.54) is 43.4 Å². The summed E-state index contributed by atoms with van der Waals surface area (Å²) >= 11 is 3.52. The Kier molecular flexibility index (Phi) is 4.01. The van der Waals surface area contributed by atoms with Gasteiger partial charge >= 0.3 is 5.91 Å². The molecule has 2 fully saturated rings. The first-order valence-corrected chi connectivity index (χ1v) is 9.45. The predicted octanol–water partition coefficient (Wildman–Crippen LogP) is 2.17. The van der Waals surface area contributed by atoms with Crippen LogP contribution in [-0.2, 0) is 4.79 Å². The van der Waals surface area contributed by atoms with Gasteiger partial charge in [-0.15, -0.1) is 0 Å². The molecule has 4 rings (SSSR count). The lowest BCUT2D eigenvalue weighted by atomic mass is 9.78. The molecule has 4 nitrogen and oxygen atoms in total. The van der Waals surface area contributed by atoms with Gasteiger partial charge in [-0.2, -0.15) is 0 Å². The van der Waals surface area contributed by atoms with Crippen molar-refractivity contribution in [3.05, 3.63) is 28.2 Å². The average Bonchev–Trinajstić information content (AvgIpc) is 2.81. The Labute approximate surface area is 145 Å². The summed E-state index contributed by atoms with van der Waals surface area (Å²) in [4.78, 5) is 28.0. The van der Waals surface area contributed by atoms with Crippen molar-refractivity contribution < 1.29 is 14.5 Å². The monoisotopic (exact) mass is 377 g/mol. The van der Waals surface area contributed by atoms with Crippen molar-refractivity contribution in [1.82, 2.24) is 0 Å². The van der Waals surface area contributed by atoms with Gasteiger partial charge in [0.15, 0.2) is 6.67 Å². The number of rotatable bonds is 2. The SMILES string of the molecule is O=C1C(=O)N(C[NH+]2CCC[C@H]3CCCC[C@@H]32)c2c(Br)cccc21. The molecule has 1 amide bonds. The van der Waals surface area contributed by atoms with Gasteiger partial charge in [-0.25, -0.2) is 0 Å². The Morgan fingerprint density at radius 2 is 1.91 bits per heavy atom. The lowest BCUT2D eigenvalue weighted by molar-refractivity contribution is -0.935. The molecule has 1 saturated carbocycles. The smallest absolute Gasteiger partial charge is 0.303 e. The van der Waals surface area contributed by atoms with Gasteiger partial charge in [0.2, 0.25) is 0 Å². The molecule has 2 aliphatic heterocycles. The summed E-state index contributed by atoms with van der Waals surface area (Å²) in [6, 6.07) is 6.15. The van der Waals surface area contributed by atoms with Gasteiger partial charge in [-0.05, 0) is 60.2 Å². The maximum atomic E-state index is 12.5. The number of carbonyl (C=O) groups excluding carboxylic acids is 2. The number of nitrogens with zero attached hydrogens (tertiary/aromatic N) is 1. The fourth-order valence-corrected chi connectivity index (χ4v) is 5.31. The van der Waals surface area contributed by atoms with E-state index in [0.29, 0.717) is 18.3 Å². The van der Waals surface area contributed by atoms with Crippen LogP contribution in [0.15, 0.2) is 22.7 Å². The molecule has 3 atom stereocenters. The number of nitrogens with one attached hydrogen (secondary N) is 1. The number of amides is 1. The van der Waals surface area contributed by atoms with E-state index >= 15 is 0 Å². The van der Waals surface area contributed by atoms with Gasteiger partial charge < -0.3 is 4.90 Å². The van der Waals surface area contributed by atoms with Crippen LogP contribution in [0.5, 0.6) is 0 Å². The first-order valence-electron chi connectivity index (χ1n) is 8.66. The van der Waals surface area contributed by atoms with Crippen molar-refractivity contribution in [2.24, 2.45) is 5.92 Å². The zero-order chi connectivity index (χ0) is 16.0. The number of hydrogen-bond acceptors (Lipinski definition) is 2. The van der Waals surface area contributed by atoms with Gasteiger partial charge in [0.1, 0.15) is 0 Å². The fraction of sp³-hybridized carbons (Fsp3) is 0.556. The molecular weight excluding hydrogens is 356 g/mol. The van der Waals surface area contributed by atoms with Crippen LogP contribution in [0.3, 0.4) is 0 Å². The summed E-state index contributed by atoms with van der Waals surface area (Å²) < 4.78 is 0.839. The van der Waals surface area contributed by atoms with E-state index in [-0.39, 0.29) is 11.7 Å². The maximum Gasteiger partial charge on any atom is 0.303 e. The van der Waals surface area contributed by atoms with E-state index in [2.05, 4.69) is 15.9 Å². The van der Waals surface area contributed by atoms with Crippen molar-refractivity contribution in [3.8, 4) is 0 Å². The van der Waals surface area contributed by atoms with Crippen LogP contribution in [0.2, 0.25) is 0 Å². The van der Waals surface area contributed by atoms with E-state index < -0.39 is 0 Å². The molecule has 0 radical (unpaired) electrons. The second-order valence-corrected chi connectivity index (χ2v) is 7.91. The van der Waals surface area contributed by atoms with E-state index in [9.17, 15) is 9.59 Å². The molecule has 23 heavy (non-hydrogen) atoms. The Balaban J connectivity index is 1.62. The van der Waals surface area contributed by atoms with Crippen LogP contribution < -0.4 is 9.80 Å². The topological polar surface area (TPSA) is 41.8 Å². The number of para-hydroxylation sites is 1. The van der Waals surface area contributed by atoms with Gasteiger partial charge in [0.05, 0.1) is 23.8 Å². The zero-order valence-corrected chi connectivity index (χ0v) is 14.8. The molecule has 3 aliphatic rings. The normalized spacial score (nSPS) is 30.3. The van der Waals surface area contributed by atoms with Crippen LogP contribution in [0, 0.1) is 5.92 Å². The summed E-state index contributed by atoms with van der Waals surface area (Å²) in [5, 5.41) is 0. The van der Waals surface area contributed by atoms with E-state index in [0.717, 1.165) is 22.6 Å². The molecule has 1 aromatic rings. The van der Waals surface area contributed by atoms with Crippen molar-refractivity contribution >= 4 is 33.3 Å². The molecule has 1 aliphatic carbocycles. The molecule has 5 heteroatoms. The highest BCUT2D eigenvalue weighted by Crippen LogP contribution is 2.35. The van der Waals surface area contributed by atoms with Crippen molar-refractivity contribution in [1.29, 1.82) is 0 Å². The first-order chi connectivity index (χ1) is 11.2. The lowest BCUT2D eigenvalue weighted by Gasteiger charge is -2.42. The highest BCUT2D eigenvalue weighted by molar-refractivity contribution is 9.10. The Morgan fingerprint density at radius 1 is 1.13 bits per heavy atom. The first kappa shape index (κ1) is 15.3. The molecule has 0 spiro atoms. The number of hydrogen-bond donors (Lipinski definition) is 1. The second kappa shape index (κ2) is 6.02. The van der Waals surface area contributed by atoms with E-state index in [1.54, 1.807) is 11.0 Å².